The molecule has 260 valence electrons. The molecule has 0 spiro atoms. The Morgan fingerprint density at radius 3 is 1.53 bits per heavy atom. The minimum absolute atomic E-state index is 0.0655. The fraction of sp³-hybridized carbons (Fsp3) is 0.405. The van der Waals surface area contributed by atoms with Crippen molar-refractivity contribution in [1.82, 2.24) is 5.32 Å². The van der Waals surface area contributed by atoms with Crippen LogP contribution in [0.5, 0.6) is 0 Å². The summed E-state index contributed by atoms with van der Waals surface area (Å²) in [6.45, 7) is 3.88. The van der Waals surface area contributed by atoms with Crippen LogP contribution in [0.25, 0.3) is 0 Å². The maximum Gasteiger partial charge on any atom is 0.222 e. The lowest BCUT2D eigenvalue weighted by molar-refractivity contribution is -0.277. The van der Waals surface area contributed by atoms with Gasteiger partial charge in [0.1, 0.15) is 24.4 Å². The number of ether oxygens (including phenoxy) is 5. The lowest BCUT2D eigenvalue weighted by Gasteiger charge is -2.46. The molecule has 0 unspecified atom stereocenters. The van der Waals surface area contributed by atoms with Crippen LogP contribution in [0.3, 0.4) is 0 Å². The van der Waals surface area contributed by atoms with E-state index in [2.05, 4.69) is 12.2 Å². The van der Waals surface area contributed by atoms with Gasteiger partial charge in [-0.3, -0.25) is 4.79 Å². The van der Waals surface area contributed by atoms with Crippen molar-refractivity contribution in [2.45, 2.75) is 103 Å². The molecule has 1 saturated heterocycles. The van der Waals surface area contributed by atoms with Gasteiger partial charge in [0.25, 0.3) is 0 Å². The number of carbonyl (C=O) groups excluding carboxylic acids is 1. The number of benzene rings is 4. The zero-order valence-corrected chi connectivity index (χ0v) is 28.7. The first kappa shape index (κ1) is 36.4. The number of hydrogen-bond donors (Lipinski definition) is 1. The van der Waals surface area contributed by atoms with Crippen molar-refractivity contribution in [3.05, 3.63) is 144 Å². The molecular weight excluding hydrogens is 614 g/mol. The quantitative estimate of drug-likeness (QED) is 0.0961. The molecule has 1 N–H and O–H groups in total. The maximum absolute atomic E-state index is 13.4. The average Bonchev–Trinajstić information content (AvgIpc) is 3.14. The Morgan fingerprint density at radius 2 is 1.02 bits per heavy atom. The Morgan fingerprint density at radius 1 is 0.571 bits per heavy atom. The molecule has 7 heteroatoms. The van der Waals surface area contributed by atoms with Crippen molar-refractivity contribution in [3.8, 4) is 0 Å². The fourth-order valence-corrected chi connectivity index (χ4v) is 6.03. The molecule has 1 aliphatic rings. The summed E-state index contributed by atoms with van der Waals surface area (Å²) in [5.41, 5.74) is 4.14. The predicted octanol–water partition coefficient (Wildman–Crippen LogP) is 8.16. The van der Waals surface area contributed by atoms with Gasteiger partial charge in [-0.05, 0) is 28.7 Å². The highest BCUT2D eigenvalue weighted by Gasteiger charge is 2.49. The summed E-state index contributed by atoms with van der Waals surface area (Å²) in [7, 11) is 0. The van der Waals surface area contributed by atoms with Crippen molar-refractivity contribution >= 4 is 5.91 Å². The van der Waals surface area contributed by atoms with Crippen LogP contribution < -0.4 is 5.32 Å². The van der Waals surface area contributed by atoms with Crippen LogP contribution in [0.1, 0.15) is 67.7 Å². The molecule has 0 bridgehead atoms. The van der Waals surface area contributed by atoms with Crippen molar-refractivity contribution in [2.24, 2.45) is 0 Å². The summed E-state index contributed by atoms with van der Waals surface area (Å²) in [6.07, 6.45) is 2.64. The summed E-state index contributed by atoms with van der Waals surface area (Å²) in [4.78, 5) is 13.4. The third-order valence-electron chi connectivity index (χ3n) is 8.69. The van der Waals surface area contributed by atoms with Crippen LogP contribution in [0.4, 0.5) is 0 Å². The molecule has 1 heterocycles. The fourth-order valence-electron chi connectivity index (χ4n) is 6.03. The number of nitrogens with one attached hydrogen (secondary N) is 1. The molecule has 0 aliphatic carbocycles. The molecule has 4 aromatic rings. The van der Waals surface area contributed by atoms with Crippen LogP contribution in [0.15, 0.2) is 121 Å². The van der Waals surface area contributed by atoms with Crippen molar-refractivity contribution in [3.63, 3.8) is 0 Å². The van der Waals surface area contributed by atoms with E-state index in [-0.39, 0.29) is 12.5 Å². The van der Waals surface area contributed by atoms with Crippen LogP contribution >= 0.6 is 0 Å². The third-order valence-corrected chi connectivity index (χ3v) is 8.69. The van der Waals surface area contributed by atoms with E-state index in [0.29, 0.717) is 32.8 Å². The van der Waals surface area contributed by atoms with E-state index < -0.39 is 30.6 Å². The van der Waals surface area contributed by atoms with Gasteiger partial charge in [0.05, 0.1) is 33.0 Å². The second-order valence-electron chi connectivity index (χ2n) is 12.6. The monoisotopic (exact) mass is 665 g/mol. The summed E-state index contributed by atoms with van der Waals surface area (Å²) in [5, 5.41) is 3.18. The first-order chi connectivity index (χ1) is 24.2. The zero-order chi connectivity index (χ0) is 33.9. The minimum Gasteiger partial charge on any atom is -0.374 e. The Labute approximate surface area is 291 Å². The van der Waals surface area contributed by atoms with Gasteiger partial charge in [0.2, 0.25) is 5.91 Å². The Hall–Kier alpha value is -3.85. The lowest BCUT2D eigenvalue weighted by Crippen LogP contribution is -2.65. The number of carbonyl (C=O) groups is 1. The van der Waals surface area contributed by atoms with Crippen LogP contribution in [-0.2, 0) is 54.9 Å². The SMILES string of the molecule is CCCCCCCC(=O)N[C@@H]1O[C@H](COCc2ccccc2)[C@@H](OCc2ccccc2)[C@H](OCc2ccccc2)[C@H]1OCc1ccccc1. The topological polar surface area (TPSA) is 75.3 Å². The highest BCUT2D eigenvalue weighted by Crippen LogP contribution is 2.30. The normalized spacial score (nSPS) is 20.6. The van der Waals surface area contributed by atoms with Gasteiger partial charge in [0, 0.05) is 6.42 Å². The molecule has 5 rings (SSSR count). The van der Waals surface area contributed by atoms with Gasteiger partial charge in [-0.1, -0.05) is 154 Å². The van der Waals surface area contributed by atoms with Crippen LogP contribution in [0.2, 0.25) is 0 Å². The number of amides is 1. The van der Waals surface area contributed by atoms with E-state index in [9.17, 15) is 4.79 Å². The molecule has 0 aromatic heterocycles. The van der Waals surface area contributed by atoms with Gasteiger partial charge >= 0.3 is 0 Å². The van der Waals surface area contributed by atoms with E-state index in [4.69, 9.17) is 23.7 Å². The minimum atomic E-state index is -0.769. The summed E-state index contributed by atoms with van der Waals surface area (Å²) in [6, 6.07) is 40.2. The maximum atomic E-state index is 13.4. The molecule has 1 fully saturated rings. The molecule has 5 atom stereocenters. The highest BCUT2D eigenvalue weighted by atomic mass is 16.6. The molecule has 1 aliphatic heterocycles. The predicted molar refractivity (Wildman–Crippen MR) is 191 cm³/mol. The third kappa shape index (κ3) is 12.2. The average molecular weight is 666 g/mol. The van der Waals surface area contributed by atoms with E-state index in [1.165, 1.54) is 6.42 Å². The Balaban J connectivity index is 1.41. The summed E-state index contributed by atoms with van der Waals surface area (Å²) >= 11 is 0. The number of rotatable bonds is 20. The van der Waals surface area contributed by atoms with Gasteiger partial charge in [0.15, 0.2) is 6.23 Å². The molecule has 0 radical (unpaired) electrons. The highest BCUT2D eigenvalue weighted by molar-refractivity contribution is 5.76. The first-order valence-corrected chi connectivity index (χ1v) is 17.7. The lowest BCUT2D eigenvalue weighted by atomic mass is 9.96. The first-order valence-electron chi connectivity index (χ1n) is 17.7. The van der Waals surface area contributed by atoms with Gasteiger partial charge in [-0.15, -0.1) is 0 Å². The van der Waals surface area contributed by atoms with E-state index in [0.717, 1.165) is 47.9 Å². The van der Waals surface area contributed by atoms with Gasteiger partial charge in [-0.2, -0.15) is 0 Å². The molecule has 0 saturated carbocycles. The summed E-state index contributed by atoms with van der Waals surface area (Å²) in [5.74, 6) is -0.0655. The van der Waals surface area contributed by atoms with Crippen molar-refractivity contribution in [2.75, 3.05) is 6.61 Å². The van der Waals surface area contributed by atoms with E-state index in [1.54, 1.807) is 0 Å². The smallest absolute Gasteiger partial charge is 0.222 e. The van der Waals surface area contributed by atoms with E-state index >= 15 is 0 Å². The Kier molecular flexibility index (Phi) is 15.3. The van der Waals surface area contributed by atoms with Crippen molar-refractivity contribution in [1.29, 1.82) is 0 Å². The van der Waals surface area contributed by atoms with E-state index in [1.807, 2.05) is 121 Å². The molecular formula is C42H51NO6. The number of unbranched alkanes of at least 4 members (excludes halogenated alkanes) is 4. The molecule has 1 amide bonds. The van der Waals surface area contributed by atoms with Crippen LogP contribution in [-0.4, -0.2) is 43.2 Å². The largest absolute Gasteiger partial charge is 0.374 e. The van der Waals surface area contributed by atoms with Gasteiger partial charge in [-0.25, -0.2) is 0 Å². The standard InChI is InChI=1S/C42H51NO6/c1-2-3-4-5-18-27-38(44)43-42-41(48-31-36-25-16-9-17-26-36)40(47-30-35-23-14-8-15-24-35)39(46-29-34-21-12-7-13-22-34)37(49-42)32-45-28-33-19-10-6-11-20-33/h6-17,19-26,37,39-42H,2-5,18,27-32H2,1H3,(H,43,44)/t37-,39-,40+,41-,42-/m1/s1. The van der Waals surface area contributed by atoms with Crippen molar-refractivity contribution < 1.29 is 28.5 Å². The van der Waals surface area contributed by atoms with Gasteiger partial charge < -0.3 is 29.0 Å². The molecule has 4 aromatic carbocycles. The second kappa shape index (κ2) is 20.6. The van der Waals surface area contributed by atoms with Crippen LogP contribution in [0, 0.1) is 0 Å². The zero-order valence-electron chi connectivity index (χ0n) is 28.7. The molecule has 7 nitrogen and oxygen atoms in total. The Bertz CT molecular complexity index is 1460. The molecule has 49 heavy (non-hydrogen) atoms. The second-order valence-corrected chi connectivity index (χ2v) is 12.6. The number of hydrogen-bond acceptors (Lipinski definition) is 6. The summed E-state index contributed by atoms with van der Waals surface area (Å²) < 4.78 is 33.1.